The summed E-state index contributed by atoms with van der Waals surface area (Å²) >= 11 is 0. The maximum atomic E-state index is 12.5. The zero-order chi connectivity index (χ0) is 14.7. The second-order valence-electron chi connectivity index (χ2n) is 5.03. The minimum absolute atomic E-state index is 0.0477. The van der Waals surface area contributed by atoms with E-state index in [1.165, 1.54) is 0 Å². The molecular formula is C15H21NO4. The van der Waals surface area contributed by atoms with Gasteiger partial charge in [-0.1, -0.05) is 0 Å². The smallest absolute Gasteiger partial charge is 0.254 e. The molecule has 0 atom stereocenters. The van der Waals surface area contributed by atoms with Gasteiger partial charge in [0.1, 0.15) is 11.5 Å². The highest BCUT2D eigenvalue weighted by Crippen LogP contribution is 2.30. The van der Waals surface area contributed by atoms with E-state index in [9.17, 15) is 9.90 Å². The van der Waals surface area contributed by atoms with Crippen LogP contribution in [0.1, 0.15) is 28.8 Å². The third kappa shape index (κ3) is 2.88. The van der Waals surface area contributed by atoms with E-state index in [1.54, 1.807) is 31.3 Å². The molecule has 0 unspecified atom stereocenters. The lowest BCUT2D eigenvalue weighted by Crippen LogP contribution is -2.40. The lowest BCUT2D eigenvalue weighted by Gasteiger charge is -2.30. The highest BCUT2D eigenvalue weighted by atomic mass is 16.5. The third-order valence-electron chi connectivity index (χ3n) is 3.75. The number of likely N-dealkylation sites (tertiary alicyclic amines) is 1. The normalized spacial score (nSPS) is 16.1. The van der Waals surface area contributed by atoms with Crippen LogP contribution in [-0.2, 0) is 0 Å². The predicted octanol–water partition coefficient (Wildman–Crippen LogP) is 1.61. The van der Waals surface area contributed by atoms with Gasteiger partial charge < -0.3 is 19.5 Å². The maximum Gasteiger partial charge on any atom is 0.254 e. The van der Waals surface area contributed by atoms with E-state index < -0.39 is 0 Å². The number of carbonyl (C=O) groups excluding carboxylic acids is 1. The molecule has 0 aliphatic carbocycles. The Hall–Kier alpha value is -1.75. The molecule has 1 heterocycles. The minimum atomic E-state index is -0.291. The zero-order valence-electron chi connectivity index (χ0n) is 12.2. The minimum Gasteiger partial charge on any atom is -0.496 e. The molecular weight excluding hydrogens is 258 g/mol. The fourth-order valence-electron chi connectivity index (χ4n) is 2.46. The Morgan fingerprint density at radius 3 is 2.15 bits per heavy atom. The summed E-state index contributed by atoms with van der Waals surface area (Å²) in [5.41, 5.74) is 1.43. The second kappa shape index (κ2) is 6.13. The summed E-state index contributed by atoms with van der Waals surface area (Å²) in [6.45, 7) is 3.06. The van der Waals surface area contributed by atoms with Gasteiger partial charge in [0.2, 0.25) is 0 Å². The number of hydrogen-bond acceptors (Lipinski definition) is 4. The Bertz CT molecular complexity index is 468. The third-order valence-corrected chi connectivity index (χ3v) is 3.75. The standard InChI is InChI=1S/C15H21NO4/c1-10-13(19-2)8-11(9-14(10)20-3)15(18)16-6-4-12(17)5-7-16/h8-9,12,17H,4-7H2,1-3H3. The first kappa shape index (κ1) is 14.7. The van der Waals surface area contributed by atoms with E-state index in [0.717, 1.165) is 5.56 Å². The van der Waals surface area contributed by atoms with Crippen molar-refractivity contribution >= 4 is 5.91 Å². The Morgan fingerprint density at radius 2 is 1.70 bits per heavy atom. The van der Waals surface area contributed by atoms with E-state index in [0.29, 0.717) is 43.0 Å². The number of ether oxygens (including phenoxy) is 2. The quantitative estimate of drug-likeness (QED) is 0.913. The first-order valence-corrected chi connectivity index (χ1v) is 6.76. The molecule has 1 N–H and O–H groups in total. The van der Waals surface area contributed by atoms with Crippen LogP contribution in [0.25, 0.3) is 0 Å². The topological polar surface area (TPSA) is 59.0 Å². The molecule has 0 aromatic heterocycles. The van der Waals surface area contributed by atoms with Gasteiger partial charge in [0, 0.05) is 24.2 Å². The number of amides is 1. The van der Waals surface area contributed by atoms with Crippen molar-refractivity contribution in [2.75, 3.05) is 27.3 Å². The molecule has 1 aliphatic rings. The molecule has 1 aliphatic heterocycles. The van der Waals surface area contributed by atoms with Gasteiger partial charge in [0.15, 0.2) is 0 Å². The molecule has 1 fully saturated rings. The van der Waals surface area contributed by atoms with Gasteiger partial charge in [-0.15, -0.1) is 0 Å². The number of aliphatic hydroxyl groups is 1. The first-order valence-electron chi connectivity index (χ1n) is 6.76. The molecule has 1 aromatic carbocycles. The number of aliphatic hydroxyl groups excluding tert-OH is 1. The second-order valence-corrected chi connectivity index (χ2v) is 5.03. The van der Waals surface area contributed by atoms with Crippen LogP contribution >= 0.6 is 0 Å². The molecule has 110 valence electrons. The summed E-state index contributed by atoms with van der Waals surface area (Å²) in [6.07, 6.45) is 0.971. The predicted molar refractivity (Wildman–Crippen MR) is 75.4 cm³/mol. The number of methoxy groups -OCH3 is 2. The van der Waals surface area contributed by atoms with Crippen LogP contribution in [0.15, 0.2) is 12.1 Å². The fourth-order valence-corrected chi connectivity index (χ4v) is 2.46. The lowest BCUT2D eigenvalue weighted by atomic mass is 10.0. The van der Waals surface area contributed by atoms with E-state index in [2.05, 4.69) is 0 Å². The molecule has 0 bridgehead atoms. The summed E-state index contributed by atoms with van der Waals surface area (Å²) in [6, 6.07) is 3.48. The molecule has 0 spiro atoms. The zero-order valence-corrected chi connectivity index (χ0v) is 12.2. The van der Waals surface area contributed by atoms with E-state index in [-0.39, 0.29) is 12.0 Å². The maximum absolute atomic E-state index is 12.5. The molecule has 1 amide bonds. The summed E-state index contributed by atoms with van der Waals surface area (Å²) in [5, 5.41) is 9.50. The Kier molecular flexibility index (Phi) is 4.49. The first-order chi connectivity index (χ1) is 9.56. The number of nitrogens with zero attached hydrogens (tertiary/aromatic N) is 1. The van der Waals surface area contributed by atoms with Crippen molar-refractivity contribution in [1.29, 1.82) is 0 Å². The summed E-state index contributed by atoms with van der Waals surface area (Å²) in [5.74, 6) is 1.24. The average molecular weight is 279 g/mol. The van der Waals surface area contributed by atoms with Crippen molar-refractivity contribution in [3.05, 3.63) is 23.3 Å². The van der Waals surface area contributed by atoms with Crippen LogP contribution in [-0.4, -0.2) is 49.3 Å². The van der Waals surface area contributed by atoms with Crippen LogP contribution in [0.5, 0.6) is 11.5 Å². The van der Waals surface area contributed by atoms with Crippen molar-refractivity contribution in [3.63, 3.8) is 0 Å². The lowest BCUT2D eigenvalue weighted by molar-refractivity contribution is 0.0546. The SMILES string of the molecule is COc1cc(C(=O)N2CCC(O)CC2)cc(OC)c1C. The van der Waals surface area contributed by atoms with Crippen molar-refractivity contribution in [2.45, 2.75) is 25.9 Å². The molecule has 0 saturated carbocycles. The van der Waals surface area contributed by atoms with Gasteiger partial charge in [0.25, 0.3) is 5.91 Å². The van der Waals surface area contributed by atoms with Crippen LogP contribution in [0.2, 0.25) is 0 Å². The van der Waals surface area contributed by atoms with Gasteiger partial charge in [-0.2, -0.15) is 0 Å². The average Bonchev–Trinajstić information content (AvgIpc) is 2.47. The van der Waals surface area contributed by atoms with Crippen LogP contribution in [0, 0.1) is 6.92 Å². The van der Waals surface area contributed by atoms with Gasteiger partial charge in [0.05, 0.1) is 20.3 Å². The highest BCUT2D eigenvalue weighted by Gasteiger charge is 2.23. The van der Waals surface area contributed by atoms with E-state index >= 15 is 0 Å². The molecule has 1 aromatic rings. The molecule has 0 radical (unpaired) electrons. The number of piperidine rings is 1. The molecule has 2 rings (SSSR count). The number of hydrogen-bond donors (Lipinski definition) is 1. The van der Waals surface area contributed by atoms with Gasteiger partial charge in [-0.3, -0.25) is 4.79 Å². The van der Waals surface area contributed by atoms with E-state index in [4.69, 9.17) is 9.47 Å². The molecule has 5 heteroatoms. The van der Waals surface area contributed by atoms with Crippen molar-refractivity contribution in [3.8, 4) is 11.5 Å². The monoisotopic (exact) mass is 279 g/mol. The largest absolute Gasteiger partial charge is 0.496 e. The van der Waals surface area contributed by atoms with Crippen molar-refractivity contribution in [2.24, 2.45) is 0 Å². The summed E-state index contributed by atoms with van der Waals surface area (Å²) < 4.78 is 10.6. The van der Waals surface area contributed by atoms with Gasteiger partial charge in [-0.25, -0.2) is 0 Å². The Balaban J connectivity index is 2.25. The van der Waals surface area contributed by atoms with Crippen molar-refractivity contribution < 1.29 is 19.4 Å². The molecule has 5 nitrogen and oxygen atoms in total. The van der Waals surface area contributed by atoms with Gasteiger partial charge in [-0.05, 0) is 31.9 Å². The number of benzene rings is 1. The summed E-state index contributed by atoms with van der Waals surface area (Å²) in [4.78, 5) is 14.2. The van der Waals surface area contributed by atoms with Crippen LogP contribution in [0.3, 0.4) is 0 Å². The van der Waals surface area contributed by atoms with Crippen molar-refractivity contribution in [1.82, 2.24) is 4.90 Å². The Labute approximate surface area is 119 Å². The number of rotatable bonds is 3. The van der Waals surface area contributed by atoms with Gasteiger partial charge >= 0.3 is 0 Å². The Morgan fingerprint density at radius 1 is 1.20 bits per heavy atom. The number of carbonyl (C=O) groups is 1. The van der Waals surface area contributed by atoms with E-state index in [1.807, 2.05) is 6.92 Å². The fraction of sp³-hybridized carbons (Fsp3) is 0.533. The van der Waals surface area contributed by atoms with Crippen LogP contribution in [0.4, 0.5) is 0 Å². The molecule has 20 heavy (non-hydrogen) atoms. The van der Waals surface area contributed by atoms with Crippen LogP contribution < -0.4 is 9.47 Å². The summed E-state index contributed by atoms with van der Waals surface area (Å²) in [7, 11) is 3.15. The highest BCUT2D eigenvalue weighted by molar-refractivity contribution is 5.95. The molecule has 1 saturated heterocycles.